The van der Waals surface area contributed by atoms with Crippen LogP contribution in [0.3, 0.4) is 0 Å². The van der Waals surface area contributed by atoms with E-state index in [4.69, 9.17) is 11.6 Å². The van der Waals surface area contributed by atoms with Gasteiger partial charge in [-0.3, -0.25) is 4.90 Å². The number of benzene rings is 1. The molecule has 1 saturated heterocycles. The first kappa shape index (κ1) is 22.1. The van der Waals surface area contributed by atoms with E-state index in [1.807, 2.05) is 17.0 Å². The van der Waals surface area contributed by atoms with Gasteiger partial charge in [0.1, 0.15) is 28.2 Å². The monoisotopic (exact) mass is 500 g/mol. The lowest BCUT2D eigenvalue weighted by Gasteiger charge is -2.34. The van der Waals surface area contributed by atoms with Crippen molar-refractivity contribution in [2.45, 2.75) is 44.0 Å². The smallest absolute Gasteiger partial charge is 0.138 e. The van der Waals surface area contributed by atoms with Crippen LogP contribution in [0.15, 0.2) is 36.7 Å². The molecule has 3 aromatic heterocycles. The Morgan fingerprint density at radius 3 is 2.79 bits per heavy atom. The molecule has 9 heteroatoms. The summed E-state index contributed by atoms with van der Waals surface area (Å²) in [6.07, 6.45) is 5.47. The Balaban J connectivity index is 1.33. The number of nitrogens with one attached hydrogen (secondary N) is 1. The zero-order valence-corrected chi connectivity index (χ0v) is 19.9. The molecule has 0 amide bonds. The van der Waals surface area contributed by atoms with E-state index >= 15 is 0 Å². The van der Waals surface area contributed by atoms with Gasteiger partial charge in [-0.1, -0.05) is 23.7 Å². The van der Waals surface area contributed by atoms with Crippen molar-refractivity contribution in [2.24, 2.45) is 0 Å². The number of hydrogen-bond donors (Lipinski definition) is 2. The maximum absolute atomic E-state index is 14.9. The number of thiazole rings is 1. The fourth-order valence-electron chi connectivity index (χ4n) is 4.80. The zero-order chi connectivity index (χ0) is 23.4. The summed E-state index contributed by atoms with van der Waals surface area (Å²) in [5.41, 5.74) is 2.59. The van der Waals surface area contributed by atoms with E-state index in [1.54, 1.807) is 18.5 Å². The molecule has 1 atom stereocenters. The Labute approximate surface area is 204 Å². The van der Waals surface area contributed by atoms with Crippen molar-refractivity contribution in [1.82, 2.24) is 19.9 Å². The van der Waals surface area contributed by atoms with Gasteiger partial charge in [0.15, 0.2) is 0 Å². The van der Waals surface area contributed by atoms with E-state index in [1.165, 1.54) is 17.4 Å². The number of pyridine rings is 1. The molecule has 1 aliphatic carbocycles. The van der Waals surface area contributed by atoms with Crippen LogP contribution in [-0.2, 0) is 12.1 Å². The Bertz CT molecular complexity index is 1380. The van der Waals surface area contributed by atoms with E-state index in [0.717, 1.165) is 40.8 Å². The number of H-pyrrole nitrogens is 1. The van der Waals surface area contributed by atoms with Crippen LogP contribution in [0, 0.1) is 5.82 Å². The Kier molecular flexibility index (Phi) is 5.44. The first-order valence-corrected chi connectivity index (χ1v) is 12.6. The summed E-state index contributed by atoms with van der Waals surface area (Å²) in [6, 6.07) is 7.05. The second kappa shape index (κ2) is 8.37. The molecule has 0 bridgehead atoms. The van der Waals surface area contributed by atoms with Crippen LogP contribution in [0.5, 0.6) is 0 Å². The maximum Gasteiger partial charge on any atom is 0.138 e. The fraction of sp³-hybridized carbons (Fsp3) is 0.360. The SMILES string of the molecule is OC1(c2ncc(-c3c(Cl)cnc4[nH]c(-c5ccc(CN6CCC(F)C6)c(F)c5)cc34)s2)CCC1. The quantitative estimate of drug-likeness (QED) is 0.349. The van der Waals surface area contributed by atoms with Crippen molar-refractivity contribution in [3.8, 4) is 21.7 Å². The Hall–Kier alpha value is -2.39. The topological polar surface area (TPSA) is 65.0 Å². The molecular weight excluding hydrogens is 478 g/mol. The molecule has 34 heavy (non-hydrogen) atoms. The highest BCUT2D eigenvalue weighted by molar-refractivity contribution is 7.15. The maximum atomic E-state index is 14.9. The largest absolute Gasteiger partial charge is 0.383 e. The first-order valence-electron chi connectivity index (χ1n) is 11.4. The zero-order valence-electron chi connectivity index (χ0n) is 18.3. The molecule has 2 aliphatic rings. The standard InChI is InChI=1S/C25H23ClF2N4OS/c26-18-10-29-23-17(22(18)21-11-30-24(34-21)25(33)5-1-6-25)9-20(31-23)14-2-3-15(19(28)8-14)12-32-7-4-16(27)13-32/h2-3,8-11,16,33H,1,4-7,12-13H2,(H,29,31). The van der Waals surface area contributed by atoms with Crippen molar-refractivity contribution in [3.63, 3.8) is 0 Å². The molecule has 6 rings (SSSR count). The molecule has 4 aromatic rings. The van der Waals surface area contributed by atoms with Gasteiger partial charge in [-0.25, -0.2) is 18.7 Å². The lowest BCUT2D eigenvalue weighted by Crippen LogP contribution is -2.33. The van der Waals surface area contributed by atoms with Gasteiger partial charge in [0.05, 0.1) is 9.90 Å². The van der Waals surface area contributed by atoms with E-state index in [9.17, 15) is 13.9 Å². The number of halogens is 3. The van der Waals surface area contributed by atoms with Gasteiger partial charge in [-0.15, -0.1) is 11.3 Å². The summed E-state index contributed by atoms with van der Waals surface area (Å²) in [4.78, 5) is 15.0. The number of alkyl halides is 1. The summed E-state index contributed by atoms with van der Waals surface area (Å²) in [7, 11) is 0. The molecular formula is C25H23ClF2N4OS. The van der Waals surface area contributed by atoms with E-state index < -0.39 is 11.8 Å². The van der Waals surface area contributed by atoms with E-state index in [2.05, 4.69) is 15.0 Å². The lowest BCUT2D eigenvalue weighted by atomic mass is 9.81. The number of aliphatic hydroxyl groups is 1. The van der Waals surface area contributed by atoms with E-state index in [0.29, 0.717) is 52.9 Å². The third-order valence-corrected chi connectivity index (χ3v) is 8.41. The van der Waals surface area contributed by atoms with Crippen LogP contribution >= 0.6 is 22.9 Å². The number of fused-ring (bicyclic) bond motifs is 1. The third kappa shape index (κ3) is 3.82. The van der Waals surface area contributed by atoms with Crippen LogP contribution < -0.4 is 0 Å². The van der Waals surface area contributed by atoms with Gasteiger partial charge in [0, 0.05) is 59.8 Å². The van der Waals surface area contributed by atoms with Crippen molar-refractivity contribution in [2.75, 3.05) is 13.1 Å². The highest BCUT2D eigenvalue weighted by Crippen LogP contribution is 2.46. The number of likely N-dealkylation sites (tertiary alicyclic amines) is 1. The Morgan fingerprint density at radius 2 is 2.09 bits per heavy atom. The Morgan fingerprint density at radius 1 is 1.24 bits per heavy atom. The number of hydrogen-bond acceptors (Lipinski definition) is 5. The average molecular weight is 501 g/mol. The van der Waals surface area contributed by atoms with Gasteiger partial charge in [0.2, 0.25) is 0 Å². The highest BCUT2D eigenvalue weighted by atomic mass is 35.5. The molecule has 1 unspecified atom stereocenters. The minimum absolute atomic E-state index is 0.314. The molecule has 5 nitrogen and oxygen atoms in total. The molecule has 2 N–H and O–H groups in total. The average Bonchev–Trinajstić information content (AvgIpc) is 3.53. The normalized spacial score (nSPS) is 20.2. The predicted octanol–water partition coefficient (Wildman–Crippen LogP) is 6.06. The molecule has 0 spiro atoms. The molecule has 1 aromatic carbocycles. The summed E-state index contributed by atoms with van der Waals surface area (Å²) in [5.74, 6) is -0.314. The summed E-state index contributed by atoms with van der Waals surface area (Å²) in [5, 5.41) is 12.7. The third-order valence-electron chi connectivity index (χ3n) is 6.92. The molecule has 1 saturated carbocycles. The summed E-state index contributed by atoms with van der Waals surface area (Å²) in [6.45, 7) is 1.41. The van der Waals surface area contributed by atoms with Crippen LogP contribution in [0.2, 0.25) is 5.02 Å². The van der Waals surface area contributed by atoms with Gasteiger partial charge in [-0.05, 0) is 37.8 Å². The van der Waals surface area contributed by atoms with Gasteiger partial charge in [0.25, 0.3) is 0 Å². The minimum Gasteiger partial charge on any atom is -0.383 e. The summed E-state index contributed by atoms with van der Waals surface area (Å²) < 4.78 is 28.4. The van der Waals surface area contributed by atoms with Crippen molar-refractivity contribution in [3.05, 3.63) is 58.1 Å². The molecule has 4 heterocycles. The second-order valence-electron chi connectivity index (χ2n) is 9.27. The van der Waals surface area contributed by atoms with Gasteiger partial charge < -0.3 is 10.1 Å². The van der Waals surface area contributed by atoms with Crippen LogP contribution in [0.1, 0.15) is 36.3 Å². The lowest BCUT2D eigenvalue weighted by molar-refractivity contribution is -0.0389. The van der Waals surface area contributed by atoms with Crippen molar-refractivity contribution in [1.29, 1.82) is 0 Å². The number of aromatic amines is 1. The van der Waals surface area contributed by atoms with Crippen LogP contribution in [0.4, 0.5) is 8.78 Å². The van der Waals surface area contributed by atoms with Crippen LogP contribution in [-0.4, -0.2) is 44.2 Å². The summed E-state index contributed by atoms with van der Waals surface area (Å²) >= 11 is 7.99. The molecule has 2 fully saturated rings. The number of aromatic nitrogens is 3. The van der Waals surface area contributed by atoms with Crippen molar-refractivity contribution < 1.29 is 13.9 Å². The second-order valence-corrected chi connectivity index (χ2v) is 10.7. The van der Waals surface area contributed by atoms with Gasteiger partial charge >= 0.3 is 0 Å². The van der Waals surface area contributed by atoms with Gasteiger partial charge in [-0.2, -0.15) is 0 Å². The number of rotatable bonds is 5. The molecule has 0 radical (unpaired) electrons. The molecule has 1 aliphatic heterocycles. The minimum atomic E-state index is -0.829. The highest BCUT2D eigenvalue weighted by Gasteiger charge is 2.39. The van der Waals surface area contributed by atoms with E-state index in [-0.39, 0.29) is 5.82 Å². The van der Waals surface area contributed by atoms with Crippen LogP contribution in [0.25, 0.3) is 32.7 Å². The van der Waals surface area contributed by atoms with Crippen molar-refractivity contribution >= 4 is 34.0 Å². The predicted molar refractivity (Wildman–Crippen MR) is 130 cm³/mol. The molecule has 176 valence electrons. The first-order chi connectivity index (χ1) is 16.4. The fourth-order valence-corrected chi connectivity index (χ4v) is 6.24. The number of nitrogens with zero attached hydrogens (tertiary/aromatic N) is 3.